The van der Waals surface area contributed by atoms with Gasteiger partial charge in [-0.15, -0.1) is 0 Å². The summed E-state index contributed by atoms with van der Waals surface area (Å²) in [5.41, 5.74) is 7.01. The van der Waals surface area contributed by atoms with Gasteiger partial charge in [-0.25, -0.2) is 4.79 Å². The van der Waals surface area contributed by atoms with Crippen molar-refractivity contribution in [2.75, 3.05) is 18.6 Å². The Morgan fingerprint density at radius 1 is 1.09 bits per heavy atom. The number of para-hydroxylation sites is 1. The van der Waals surface area contributed by atoms with E-state index < -0.39 is 41.8 Å². The number of benzene rings is 1. The predicted octanol–water partition coefficient (Wildman–Crippen LogP) is 1.01. The van der Waals surface area contributed by atoms with E-state index in [0.717, 1.165) is 16.5 Å². The van der Waals surface area contributed by atoms with Crippen LogP contribution in [0.2, 0.25) is 0 Å². The third-order valence-electron chi connectivity index (χ3n) is 5.95. The monoisotopic (exact) mass is 505 g/mol. The molecular weight excluding hydrogens is 470 g/mol. The Hall–Kier alpha value is -3.05. The zero-order valence-electron chi connectivity index (χ0n) is 20.3. The number of amides is 3. The first kappa shape index (κ1) is 28.2. The lowest BCUT2D eigenvalue weighted by atomic mass is 9.96. The van der Waals surface area contributed by atoms with Crippen LogP contribution in [0.3, 0.4) is 0 Å². The van der Waals surface area contributed by atoms with Crippen molar-refractivity contribution in [3.05, 3.63) is 36.0 Å². The summed E-state index contributed by atoms with van der Waals surface area (Å²) in [6, 6.07) is 4.51. The van der Waals surface area contributed by atoms with Gasteiger partial charge in [0.25, 0.3) is 0 Å². The summed E-state index contributed by atoms with van der Waals surface area (Å²) in [6.07, 6.45) is 4.64. The quantitative estimate of drug-likeness (QED) is 0.223. The second-order valence-corrected chi connectivity index (χ2v) is 9.43. The van der Waals surface area contributed by atoms with Gasteiger partial charge in [-0.2, -0.15) is 11.8 Å². The molecule has 0 saturated heterocycles. The van der Waals surface area contributed by atoms with Crippen LogP contribution in [-0.4, -0.2) is 70.5 Å². The van der Waals surface area contributed by atoms with Gasteiger partial charge in [-0.05, 0) is 36.0 Å². The topological polar surface area (TPSA) is 166 Å². The minimum atomic E-state index is -1.19. The smallest absolute Gasteiger partial charge is 0.326 e. The van der Waals surface area contributed by atoms with Gasteiger partial charge < -0.3 is 31.8 Å². The Labute approximate surface area is 209 Å². The van der Waals surface area contributed by atoms with Gasteiger partial charge in [0.2, 0.25) is 17.7 Å². The minimum Gasteiger partial charge on any atom is -0.480 e. The Kier molecular flexibility index (Phi) is 11.1. The molecule has 7 N–H and O–H groups in total. The van der Waals surface area contributed by atoms with Crippen molar-refractivity contribution < 1.29 is 24.3 Å². The van der Waals surface area contributed by atoms with Gasteiger partial charge in [0.15, 0.2) is 0 Å². The van der Waals surface area contributed by atoms with E-state index in [1.54, 1.807) is 13.1 Å². The highest BCUT2D eigenvalue weighted by Gasteiger charge is 2.32. The minimum absolute atomic E-state index is 0.0785. The first-order valence-corrected chi connectivity index (χ1v) is 13.0. The van der Waals surface area contributed by atoms with E-state index in [2.05, 4.69) is 20.9 Å². The lowest BCUT2D eigenvalue weighted by Crippen LogP contribution is -2.58. The SMILES string of the molecule is CCC(C)C(NC(=O)C(CCSC)NC(=O)CN)C(=O)NC(Cc1c[nH]c2ccccc12)C(=O)O. The highest BCUT2D eigenvalue weighted by Crippen LogP contribution is 2.19. The van der Waals surface area contributed by atoms with Gasteiger partial charge in [0.1, 0.15) is 18.1 Å². The molecule has 2 rings (SSSR count). The van der Waals surface area contributed by atoms with Crippen LogP contribution in [-0.2, 0) is 25.6 Å². The Bertz CT molecular complexity index is 1030. The number of H-pyrrole nitrogens is 1. The van der Waals surface area contributed by atoms with Crippen molar-refractivity contribution in [1.29, 1.82) is 0 Å². The molecular formula is C24H35N5O5S. The average Bonchev–Trinajstić information content (AvgIpc) is 3.26. The number of nitrogens with one attached hydrogen (secondary N) is 4. The first-order chi connectivity index (χ1) is 16.7. The van der Waals surface area contributed by atoms with Crippen LogP contribution in [0, 0.1) is 5.92 Å². The highest BCUT2D eigenvalue weighted by molar-refractivity contribution is 7.98. The molecule has 0 aliphatic rings. The van der Waals surface area contributed by atoms with Gasteiger partial charge >= 0.3 is 5.97 Å². The van der Waals surface area contributed by atoms with Gasteiger partial charge in [-0.1, -0.05) is 38.5 Å². The summed E-state index contributed by atoms with van der Waals surface area (Å²) in [5, 5.41) is 18.6. The van der Waals surface area contributed by atoms with E-state index in [1.807, 2.05) is 37.4 Å². The van der Waals surface area contributed by atoms with Crippen LogP contribution in [0.4, 0.5) is 0 Å². The number of nitrogens with two attached hydrogens (primary N) is 1. The lowest BCUT2D eigenvalue weighted by molar-refractivity contribution is -0.142. The van der Waals surface area contributed by atoms with Crippen LogP contribution in [0.1, 0.15) is 32.3 Å². The molecule has 2 aromatic rings. The van der Waals surface area contributed by atoms with Crippen molar-refractivity contribution in [3.8, 4) is 0 Å². The molecule has 1 heterocycles. The number of rotatable bonds is 14. The summed E-state index contributed by atoms with van der Waals surface area (Å²) in [5.74, 6) is -2.40. The number of fused-ring (bicyclic) bond motifs is 1. The number of aliphatic carboxylic acids is 1. The number of hydrogen-bond donors (Lipinski definition) is 6. The van der Waals surface area contributed by atoms with Gasteiger partial charge in [0, 0.05) is 23.5 Å². The van der Waals surface area contributed by atoms with E-state index in [-0.39, 0.29) is 18.9 Å². The molecule has 35 heavy (non-hydrogen) atoms. The molecule has 3 amide bonds. The van der Waals surface area contributed by atoms with Crippen LogP contribution in [0.5, 0.6) is 0 Å². The molecule has 0 saturated carbocycles. The van der Waals surface area contributed by atoms with Gasteiger partial charge in [-0.3, -0.25) is 14.4 Å². The zero-order valence-corrected chi connectivity index (χ0v) is 21.1. The summed E-state index contributed by atoms with van der Waals surface area (Å²) in [4.78, 5) is 53.1. The van der Waals surface area contributed by atoms with Crippen molar-refractivity contribution in [1.82, 2.24) is 20.9 Å². The maximum absolute atomic E-state index is 13.2. The largest absolute Gasteiger partial charge is 0.480 e. The number of aromatic nitrogens is 1. The maximum atomic E-state index is 13.2. The van der Waals surface area contributed by atoms with E-state index in [4.69, 9.17) is 5.73 Å². The van der Waals surface area contributed by atoms with E-state index in [0.29, 0.717) is 18.6 Å². The molecule has 1 aromatic heterocycles. The standard InChI is InChI=1S/C24H35N5O5S/c1-4-14(2)21(29-22(31)18(9-10-35-3)27-20(30)12-25)23(32)28-19(24(33)34)11-15-13-26-17-8-6-5-7-16(15)17/h5-8,13-14,18-19,21,26H,4,9-12,25H2,1-3H3,(H,27,30)(H,28,32)(H,29,31)(H,33,34). The fourth-order valence-corrected chi connectivity index (χ4v) is 4.17. The first-order valence-electron chi connectivity index (χ1n) is 11.6. The fourth-order valence-electron chi connectivity index (χ4n) is 3.70. The second kappa shape index (κ2) is 13.7. The fraction of sp³-hybridized carbons (Fsp3) is 0.500. The molecule has 0 fully saturated rings. The molecule has 0 aliphatic heterocycles. The summed E-state index contributed by atoms with van der Waals surface area (Å²) in [6.45, 7) is 3.42. The molecule has 1 aromatic carbocycles. The van der Waals surface area contributed by atoms with Gasteiger partial charge in [0.05, 0.1) is 6.54 Å². The molecule has 0 aliphatic carbocycles. The van der Waals surface area contributed by atoms with Crippen LogP contribution >= 0.6 is 11.8 Å². The normalized spacial score (nSPS) is 14.5. The molecule has 192 valence electrons. The van der Waals surface area contributed by atoms with Crippen LogP contribution in [0.25, 0.3) is 10.9 Å². The summed E-state index contributed by atoms with van der Waals surface area (Å²) in [7, 11) is 0. The number of carbonyl (C=O) groups excluding carboxylic acids is 3. The molecule has 4 unspecified atom stereocenters. The summed E-state index contributed by atoms with van der Waals surface area (Å²) >= 11 is 1.52. The molecule has 0 spiro atoms. The molecule has 0 radical (unpaired) electrons. The Morgan fingerprint density at radius 2 is 1.80 bits per heavy atom. The number of carboxylic acids is 1. The number of hydrogen-bond acceptors (Lipinski definition) is 6. The van der Waals surface area contributed by atoms with Crippen LogP contribution < -0.4 is 21.7 Å². The average molecular weight is 506 g/mol. The highest BCUT2D eigenvalue weighted by atomic mass is 32.2. The third-order valence-corrected chi connectivity index (χ3v) is 6.60. The lowest BCUT2D eigenvalue weighted by Gasteiger charge is -2.27. The van der Waals surface area contributed by atoms with E-state index >= 15 is 0 Å². The van der Waals surface area contributed by atoms with Crippen molar-refractivity contribution in [2.24, 2.45) is 11.7 Å². The number of carbonyl (C=O) groups is 4. The predicted molar refractivity (Wildman–Crippen MR) is 137 cm³/mol. The van der Waals surface area contributed by atoms with Crippen molar-refractivity contribution >= 4 is 46.4 Å². The zero-order chi connectivity index (χ0) is 26.0. The number of aromatic amines is 1. The molecule has 11 heteroatoms. The molecule has 0 bridgehead atoms. The second-order valence-electron chi connectivity index (χ2n) is 8.44. The van der Waals surface area contributed by atoms with Crippen molar-refractivity contribution in [2.45, 2.75) is 51.2 Å². The third kappa shape index (κ3) is 8.00. The van der Waals surface area contributed by atoms with E-state index in [1.165, 1.54) is 11.8 Å². The maximum Gasteiger partial charge on any atom is 0.326 e. The number of thioether (sulfide) groups is 1. The number of carboxylic acid groups (broad SMARTS) is 1. The Morgan fingerprint density at radius 3 is 2.43 bits per heavy atom. The van der Waals surface area contributed by atoms with Crippen LogP contribution in [0.15, 0.2) is 30.5 Å². The molecule has 4 atom stereocenters. The van der Waals surface area contributed by atoms with Crippen molar-refractivity contribution in [3.63, 3.8) is 0 Å². The van der Waals surface area contributed by atoms with E-state index in [9.17, 15) is 24.3 Å². The Balaban J connectivity index is 2.17. The summed E-state index contributed by atoms with van der Waals surface area (Å²) < 4.78 is 0. The molecule has 10 nitrogen and oxygen atoms in total.